The highest BCUT2D eigenvalue weighted by Gasteiger charge is 2.66. The van der Waals surface area contributed by atoms with Crippen molar-refractivity contribution < 1.29 is 33.7 Å². The molecule has 3 N–H and O–H groups in total. The Morgan fingerprint density at radius 2 is 1.66 bits per heavy atom. The van der Waals surface area contributed by atoms with Gasteiger partial charge in [-0.25, -0.2) is 19.6 Å². The van der Waals surface area contributed by atoms with Crippen molar-refractivity contribution in [3.63, 3.8) is 0 Å². The Labute approximate surface area is 384 Å². The summed E-state index contributed by atoms with van der Waals surface area (Å²) in [6.07, 6.45) is 9.04. The standard InChI is InChI=1S/C50H61N7O7S/c1-32-36(22-52-57(32)31-49-26-47(5)25-48(6,27-49)29-50(28-47,30-49)63-21-18-51-17-20-62-24-41(58)59)34-14-15-40(54-42(34)44(61)64-46(2,3)4)56-19-16-33-10-9-11-35(37(33)23-56)43(60)55-45-53-38-12-7-8-13-39(38)65-45/h7-15,22,51H,16-21,23-31H2,1-6H3,(H,58,59)(H,53,55,60). The first-order valence-corrected chi connectivity index (χ1v) is 23.7. The molecule has 4 bridgehead atoms. The van der Waals surface area contributed by atoms with Crippen LogP contribution < -0.4 is 15.5 Å². The topological polar surface area (TPSA) is 170 Å². The fourth-order valence-electron chi connectivity index (χ4n) is 12.5. The van der Waals surface area contributed by atoms with Crippen molar-refractivity contribution in [1.82, 2.24) is 25.1 Å². The number of fused-ring (bicyclic) bond motifs is 2. The van der Waals surface area contributed by atoms with Crippen molar-refractivity contribution in [1.29, 1.82) is 0 Å². The number of rotatable bonds is 16. The molecule has 5 aliphatic rings. The summed E-state index contributed by atoms with van der Waals surface area (Å²) in [5.41, 5.74) is 5.54. The first-order valence-electron chi connectivity index (χ1n) is 22.9. The van der Waals surface area contributed by atoms with E-state index in [4.69, 9.17) is 29.4 Å². The number of aliphatic carboxylic acids is 1. The predicted molar refractivity (Wildman–Crippen MR) is 250 cm³/mol. The summed E-state index contributed by atoms with van der Waals surface area (Å²) in [4.78, 5) is 50.5. The molecule has 4 aliphatic carbocycles. The van der Waals surface area contributed by atoms with E-state index in [-0.39, 0.29) is 40.1 Å². The monoisotopic (exact) mass is 903 g/mol. The van der Waals surface area contributed by atoms with E-state index in [2.05, 4.69) is 52.0 Å². The molecule has 10 rings (SSSR count). The minimum atomic E-state index is -0.966. The Kier molecular flexibility index (Phi) is 11.9. The lowest BCUT2D eigenvalue weighted by molar-refractivity contribution is -0.247. The minimum absolute atomic E-state index is 0.00476. The van der Waals surface area contributed by atoms with Crippen molar-refractivity contribution in [3.05, 3.63) is 88.9 Å². The van der Waals surface area contributed by atoms with Crippen LogP contribution in [0.4, 0.5) is 10.9 Å². The van der Waals surface area contributed by atoms with Gasteiger partial charge in [0.2, 0.25) is 0 Å². The van der Waals surface area contributed by atoms with Crippen LogP contribution in [0.1, 0.15) is 111 Å². The molecule has 5 aromatic rings. The van der Waals surface area contributed by atoms with Gasteiger partial charge in [-0.1, -0.05) is 49.4 Å². The number of carbonyl (C=O) groups is 3. The van der Waals surface area contributed by atoms with Gasteiger partial charge in [0.05, 0.1) is 35.2 Å². The van der Waals surface area contributed by atoms with E-state index >= 15 is 0 Å². The lowest BCUT2D eigenvalue weighted by Crippen LogP contribution is -2.64. The normalized spacial score (nSPS) is 24.6. The van der Waals surface area contributed by atoms with E-state index in [0.717, 1.165) is 71.2 Å². The molecular formula is C50H61N7O7S. The van der Waals surface area contributed by atoms with Gasteiger partial charge in [-0.2, -0.15) is 5.10 Å². The molecule has 1 aliphatic heterocycles. The number of carboxylic acids is 1. The molecule has 2 unspecified atom stereocenters. The van der Waals surface area contributed by atoms with E-state index < -0.39 is 17.5 Å². The number of carboxylic acid groups (broad SMARTS) is 1. The summed E-state index contributed by atoms with van der Waals surface area (Å²) in [6, 6.07) is 17.6. The van der Waals surface area contributed by atoms with Crippen molar-refractivity contribution in [2.45, 2.75) is 111 Å². The summed E-state index contributed by atoms with van der Waals surface area (Å²) in [5.74, 6) is -1.04. The lowest BCUT2D eigenvalue weighted by atomic mass is 9.39. The Morgan fingerprint density at radius 3 is 2.42 bits per heavy atom. The average molecular weight is 904 g/mol. The van der Waals surface area contributed by atoms with Crippen LogP contribution in [0.15, 0.2) is 60.8 Å². The molecule has 1 amide bonds. The molecule has 65 heavy (non-hydrogen) atoms. The predicted octanol–water partition coefficient (Wildman–Crippen LogP) is 8.46. The van der Waals surface area contributed by atoms with Gasteiger partial charge in [0.25, 0.3) is 5.91 Å². The highest BCUT2D eigenvalue weighted by molar-refractivity contribution is 7.22. The van der Waals surface area contributed by atoms with Crippen LogP contribution in [0, 0.1) is 23.2 Å². The van der Waals surface area contributed by atoms with Crippen LogP contribution in [0.5, 0.6) is 0 Å². The Balaban J connectivity index is 0.947. The molecule has 4 saturated carbocycles. The number of aromatic nitrogens is 4. The number of benzene rings is 2. The number of pyridine rings is 1. The maximum absolute atomic E-state index is 14.2. The second kappa shape index (κ2) is 17.2. The van der Waals surface area contributed by atoms with Gasteiger partial charge in [-0.05, 0) is 130 Å². The maximum atomic E-state index is 14.2. The highest BCUT2D eigenvalue weighted by Crippen LogP contribution is 2.72. The first-order chi connectivity index (χ1) is 30.9. The molecule has 0 saturated heterocycles. The van der Waals surface area contributed by atoms with E-state index in [1.807, 2.05) is 75.5 Å². The fraction of sp³-hybridized carbons (Fsp3) is 0.520. The zero-order chi connectivity index (χ0) is 45.8. The number of hydrogen-bond acceptors (Lipinski definition) is 12. The third-order valence-electron chi connectivity index (χ3n) is 13.7. The number of ether oxygens (including phenoxy) is 3. The largest absolute Gasteiger partial charge is 0.480 e. The minimum Gasteiger partial charge on any atom is -0.480 e. The second-order valence-electron chi connectivity index (χ2n) is 20.8. The van der Waals surface area contributed by atoms with Crippen LogP contribution in [0.3, 0.4) is 0 Å². The molecule has 15 heteroatoms. The molecule has 0 radical (unpaired) electrons. The van der Waals surface area contributed by atoms with Gasteiger partial charge in [-0.15, -0.1) is 0 Å². The molecule has 4 heterocycles. The van der Waals surface area contributed by atoms with E-state index in [9.17, 15) is 14.4 Å². The fourth-order valence-corrected chi connectivity index (χ4v) is 13.4. The Hall–Kier alpha value is -5.22. The number of nitrogens with one attached hydrogen (secondary N) is 2. The summed E-state index contributed by atoms with van der Waals surface area (Å²) in [5, 5.41) is 20.8. The van der Waals surface area contributed by atoms with E-state index in [1.54, 1.807) is 0 Å². The SMILES string of the molecule is Cc1c(-c2ccc(N3CCc4cccc(C(=O)Nc5nc6ccccc6s5)c4C3)nc2C(=O)OC(C)(C)C)cnn1CC12CC3(C)CC(C)(C1)CC(OCCNCCOCC(=O)O)(C3)C2. The van der Waals surface area contributed by atoms with Gasteiger partial charge in [0.15, 0.2) is 10.8 Å². The van der Waals surface area contributed by atoms with E-state index in [0.29, 0.717) is 67.9 Å². The third kappa shape index (κ3) is 9.56. The highest BCUT2D eigenvalue weighted by atomic mass is 32.1. The number of carbonyl (C=O) groups excluding carboxylic acids is 2. The van der Waals surface area contributed by atoms with Crippen LogP contribution >= 0.6 is 11.3 Å². The molecule has 344 valence electrons. The van der Waals surface area contributed by atoms with Gasteiger partial charge < -0.3 is 29.5 Å². The molecular weight excluding hydrogens is 843 g/mol. The number of anilines is 2. The molecule has 0 spiro atoms. The van der Waals surface area contributed by atoms with Crippen molar-refractivity contribution in [2.24, 2.45) is 16.2 Å². The number of esters is 1. The Bertz CT molecular complexity index is 2580. The smallest absolute Gasteiger partial charge is 0.358 e. The van der Waals surface area contributed by atoms with Crippen LogP contribution in [-0.2, 0) is 38.5 Å². The number of hydrogen-bond donors (Lipinski definition) is 3. The van der Waals surface area contributed by atoms with Crippen molar-refractivity contribution in [2.75, 3.05) is 49.7 Å². The zero-order valence-corrected chi connectivity index (χ0v) is 39.2. The van der Waals surface area contributed by atoms with Crippen LogP contribution in [0.2, 0.25) is 0 Å². The number of para-hydroxylation sites is 1. The van der Waals surface area contributed by atoms with Gasteiger partial charge >= 0.3 is 11.9 Å². The molecule has 3 aromatic heterocycles. The Morgan fingerprint density at radius 1 is 0.892 bits per heavy atom. The zero-order valence-electron chi connectivity index (χ0n) is 38.4. The summed E-state index contributed by atoms with van der Waals surface area (Å²) >= 11 is 1.45. The molecule has 4 fully saturated rings. The number of thiazole rings is 1. The number of amides is 1. The van der Waals surface area contributed by atoms with E-state index in [1.165, 1.54) is 17.8 Å². The maximum Gasteiger partial charge on any atom is 0.358 e. The summed E-state index contributed by atoms with van der Waals surface area (Å²) in [7, 11) is 0. The van der Waals surface area contributed by atoms with Crippen molar-refractivity contribution >= 4 is 50.3 Å². The third-order valence-corrected chi connectivity index (χ3v) is 14.6. The lowest BCUT2D eigenvalue weighted by Gasteiger charge is -2.69. The second-order valence-corrected chi connectivity index (χ2v) is 21.9. The quantitative estimate of drug-likeness (QED) is 0.0639. The van der Waals surface area contributed by atoms with Crippen molar-refractivity contribution in [3.8, 4) is 11.1 Å². The molecule has 2 aromatic carbocycles. The van der Waals surface area contributed by atoms with Gasteiger partial charge in [0, 0.05) is 55.1 Å². The average Bonchev–Trinajstić information content (AvgIpc) is 3.80. The molecule has 14 nitrogen and oxygen atoms in total. The van der Waals surface area contributed by atoms with Gasteiger partial charge in [-0.3, -0.25) is 14.8 Å². The van der Waals surface area contributed by atoms with Gasteiger partial charge in [0.1, 0.15) is 18.0 Å². The summed E-state index contributed by atoms with van der Waals surface area (Å²) < 4.78 is 21.2. The van der Waals surface area contributed by atoms with Crippen LogP contribution in [-0.4, -0.2) is 93.4 Å². The summed E-state index contributed by atoms with van der Waals surface area (Å²) in [6.45, 7) is 16.3. The first kappa shape index (κ1) is 45.0. The van der Waals surface area contributed by atoms with Crippen LogP contribution in [0.25, 0.3) is 21.3 Å². The number of nitrogens with zero attached hydrogens (tertiary/aromatic N) is 5. The molecule has 2 atom stereocenters.